The summed E-state index contributed by atoms with van der Waals surface area (Å²) in [6, 6.07) is 8.05. The van der Waals surface area contributed by atoms with Crippen LogP contribution in [0.25, 0.3) is 0 Å². The zero-order valence-electron chi connectivity index (χ0n) is 10.5. The monoisotopic (exact) mass is 281 g/mol. The molecule has 1 aromatic carbocycles. The highest BCUT2D eigenvalue weighted by Gasteiger charge is 2.19. The molecule has 2 aromatic rings. The molecule has 5 heteroatoms. The van der Waals surface area contributed by atoms with E-state index in [0.717, 1.165) is 23.6 Å². The first-order valence-electron chi connectivity index (χ1n) is 6.00. The summed E-state index contributed by atoms with van der Waals surface area (Å²) >= 11 is 7.39. The minimum absolute atomic E-state index is 0.142. The van der Waals surface area contributed by atoms with Crippen LogP contribution in [0.1, 0.15) is 35.5 Å². The smallest absolute Gasteiger partial charge is 0.0807 e. The molecule has 1 unspecified atom stereocenters. The number of nitrogens with one attached hydrogen (secondary N) is 1. The van der Waals surface area contributed by atoms with Gasteiger partial charge in [0.25, 0.3) is 0 Å². The van der Waals surface area contributed by atoms with E-state index in [0.29, 0.717) is 0 Å². The van der Waals surface area contributed by atoms with E-state index in [4.69, 9.17) is 11.6 Å². The third-order valence-electron chi connectivity index (χ3n) is 2.83. The molecule has 0 aliphatic carbocycles. The number of nitrogens with zero attached hydrogens (tertiary/aromatic N) is 2. The van der Waals surface area contributed by atoms with E-state index in [1.54, 1.807) is 0 Å². The summed E-state index contributed by atoms with van der Waals surface area (Å²) in [7, 11) is 1.95. The fourth-order valence-corrected chi connectivity index (χ4v) is 2.91. The van der Waals surface area contributed by atoms with Gasteiger partial charge in [-0.3, -0.25) is 0 Å². The van der Waals surface area contributed by atoms with Gasteiger partial charge in [-0.25, -0.2) is 0 Å². The van der Waals surface area contributed by atoms with E-state index < -0.39 is 0 Å². The van der Waals surface area contributed by atoms with Gasteiger partial charge in [-0.2, -0.15) is 0 Å². The van der Waals surface area contributed by atoms with Gasteiger partial charge in [0.1, 0.15) is 0 Å². The van der Waals surface area contributed by atoms with Crippen LogP contribution in [0.15, 0.2) is 24.3 Å². The van der Waals surface area contributed by atoms with Crippen molar-refractivity contribution in [2.75, 3.05) is 7.05 Å². The standard InChI is InChI=1S/C13H16ClN3S/c1-3-4-11-13(18-17-16-11)12(15-2)9-5-7-10(14)8-6-9/h5-8,12,15H,3-4H2,1-2H3. The molecule has 0 fully saturated rings. The second-order valence-corrected chi connectivity index (χ2v) is 5.33. The summed E-state index contributed by atoms with van der Waals surface area (Å²) in [5.74, 6) is 0. The van der Waals surface area contributed by atoms with Crippen LogP contribution in [0.2, 0.25) is 5.02 Å². The SMILES string of the molecule is CCCc1nnsc1C(NC)c1ccc(Cl)cc1. The Morgan fingerprint density at radius 1 is 1.33 bits per heavy atom. The molecule has 0 radical (unpaired) electrons. The average Bonchev–Trinajstić information content (AvgIpc) is 2.82. The molecule has 0 bridgehead atoms. The van der Waals surface area contributed by atoms with E-state index >= 15 is 0 Å². The first kappa shape index (κ1) is 13.5. The van der Waals surface area contributed by atoms with Crippen molar-refractivity contribution in [3.8, 4) is 0 Å². The van der Waals surface area contributed by atoms with Gasteiger partial charge < -0.3 is 5.32 Å². The van der Waals surface area contributed by atoms with Crippen molar-refractivity contribution >= 4 is 23.1 Å². The topological polar surface area (TPSA) is 37.8 Å². The molecule has 2 rings (SSSR count). The van der Waals surface area contributed by atoms with Gasteiger partial charge in [0.05, 0.1) is 16.6 Å². The Bertz CT molecular complexity index is 495. The van der Waals surface area contributed by atoms with Gasteiger partial charge >= 0.3 is 0 Å². The maximum absolute atomic E-state index is 5.92. The lowest BCUT2D eigenvalue weighted by Gasteiger charge is -2.15. The molecule has 0 aliphatic rings. The normalized spacial score (nSPS) is 12.6. The molecule has 0 amide bonds. The van der Waals surface area contributed by atoms with E-state index in [-0.39, 0.29) is 6.04 Å². The van der Waals surface area contributed by atoms with Crippen molar-refractivity contribution in [1.82, 2.24) is 14.9 Å². The Kier molecular flexibility index (Phi) is 4.69. The highest BCUT2D eigenvalue weighted by atomic mass is 35.5. The molecule has 1 N–H and O–H groups in total. The summed E-state index contributed by atoms with van der Waals surface area (Å²) < 4.78 is 4.08. The maximum atomic E-state index is 5.92. The number of halogens is 1. The predicted molar refractivity (Wildman–Crippen MR) is 76.3 cm³/mol. The third kappa shape index (κ3) is 2.88. The molecule has 96 valence electrons. The van der Waals surface area contributed by atoms with Crippen LogP contribution in [0.5, 0.6) is 0 Å². The molecule has 0 saturated carbocycles. The fourth-order valence-electron chi connectivity index (χ4n) is 1.95. The second kappa shape index (κ2) is 6.27. The number of aryl methyl sites for hydroxylation is 1. The molecule has 3 nitrogen and oxygen atoms in total. The number of rotatable bonds is 5. The van der Waals surface area contributed by atoms with E-state index in [1.165, 1.54) is 22.0 Å². The molecule has 0 aliphatic heterocycles. The van der Waals surface area contributed by atoms with Crippen LogP contribution in [0, 0.1) is 0 Å². The lowest BCUT2D eigenvalue weighted by molar-refractivity contribution is 0.688. The zero-order valence-corrected chi connectivity index (χ0v) is 12.1. The highest BCUT2D eigenvalue weighted by Crippen LogP contribution is 2.28. The Morgan fingerprint density at radius 2 is 2.06 bits per heavy atom. The molecule has 0 saturated heterocycles. The van der Waals surface area contributed by atoms with Crippen molar-refractivity contribution < 1.29 is 0 Å². The number of hydrogen-bond acceptors (Lipinski definition) is 4. The van der Waals surface area contributed by atoms with Gasteiger partial charge in [-0.1, -0.05) is 41.6 Å². The summed E-state index contributed by atoms with van der Waals surface area (Å²) in [4.78, 5) is 1.20. The summed E-state index contributed by atoms with van der Waals surface area (Å²) in [5, 5.41) is 8.30. The van der Waals surface area contributed by atoms with Crippen LogP contribution in [-0.2, 0) is 6.42 Å². The molecule has 0 spiro atoms. The lowest BCUT2D eigenvalue weighted by Crippen LogP contribution is -2.17. The first-order chi connectivity index (χ1) is 8.76. The van der Waals surface area contributed by atoms with Crippen LogP contribution < -0.4 is 5.32 Å². The summed E-state index contributed by atoms with van der Waals surface area (Å²) in [6.07, 6.45) is 2.05. The predicted octanol–water partition coefficient (Wildman–Crippen LogP) is 3.45. The lowest BCUT2D eigenvalue weighted by atomic mass is 10.0. The largest absolute Gasteiger partial charge is 0.309 e. The maximum Gasteiger partial charge on any atom is 0.0807 e. The van der Waals surface area contributed by atoms with Crippen LogP contribution in [0.4, 0.5) is 0 Å². The summed E-state index contributed by atoms with van der Waals surface area (Å²) in [6.45, 7) is 2.15. The van der Waals surface area contributed by atoms with Gasteiger partial charge in [0.2, 0.25) is 0 Å². The van der Waals surface area contributed by atoms with Gasteiger partial charge in [0, 0.05) is 5.02 Å². The van der Waals surface area contributed by atoms with Gasteiger partial charge in [-0.05, 0) is 42.7 Å². The van der Waals surface area contributed by atoms with Crippen molar-refractivity contribution in [3.63, 3.8) is 0 Å². The van der Waals surface area contributed by atoms with Crippen LogP contribution in [-0.4, -0.2) is 16.6 Å². The Labute approximate surface area is 116 Å². The Morgan fingerprint density at radius 3 is 2.67 bits per heavy atom. The molecular formula is C13H16ClN3S. The first-order valence-corrected chi connectivity index (χ1v) is 7.15. The average molecular weight is 282 g/mol. The van der Waals surface area contributed by atoms with Crippen molar-refractivity contribution in [2.45, 2.75) is 25.8 Å². The van der Waals surface area contributed by atoms with Gasteiger partial charge in [-0.15, -0.1) is 5.10 Å². The number of aromatic nitrogens is 2. The molecular weight excluding hydrogens is 266 g/mol. The highest BCUT2D eigenvalue weighted by molar-refractivity contribution is 7.05. The van der Waals surface area contributed by atoms with Crippen molar-refractivity contribution in [1.29, 1.82) is 0 Å². The molecule has 18 heavy (non-hydrogen) atoms. The Balaban J connectivity index is 2.32. The summed E-state index contributed by atoms with van der Waals surface area (Å²) in [5.41, 5.74) is 2.28. The minimum Gasteiger partial charge on any atom is -0.309 e. The van der Waals surface area contributed by atoms with Crippen molar-refractivity contribution in [2.24, 2.45) is 0 Å². The number of hydrogen-bond donors (Lipinski definition) is 1. The van der Waals surface area contributed by atoms with Crippen LogP contribution in [0.3, 0.4) is 0 Å². The third-order valence-corrected chi connectivity index (χ3v) is 3.91. The number of benzene rings is 1. The quantitative estimate of drug-likeness (QED) is 0.912. The Hall–Kier alpha value is -0.970. The molecule has 1 aromatic heterocycles. The van der Waals surface area contributed by atoms with E-state index in [1.807, 2.05) is 31.3 Å². The fraction of sp³-hybridized carbons (Fsp3) is 0.385. The zero-order chi connectivity index (χ0) is 13.0. The molecule has 1 atom stereocenters. The van der Waals surface area contributed by atoms with Gasteiger partial charge in [0.15, 0.2) is 0 Å². The van der Waals surface area contributed by atoms with Crippen molar-refractivity contribution in [3.05, 3.63) is 45.4 Å². The van der Waals surface area contributed by atoms with E-state index in [9.17, 15) is 0 Å². The van der Waals surface area contributed by atoms with Crippen LogP contribution >= 0.6 is 23.1 Å². The second-order valence-electron chi connectivity index (χ2n) is 4.11. The van der Waals surface area contributed by atoms with E-state index in [2.05, 4.69) is 21.8 Å². The molecule has 1 heterocycles. The minimum atomic E-state index is 0.142.